The minimum Gasteiger partial charge on any atom is -0.378 e. The lowest BCUT2D eigenvalue weighted by molar-refractivity contribution is -0.146. The van der Waals surface area contributed by atoms with Gasteiger partial charge in [-0.2, -0.15) is 4.98 Å². The highest BCUT2D eigenvalue weighted by Crippen LogP contribution is 2.21. The van der Waals surface area contributed by atoms with E-state index in [-0.39, 0.29) is 43.4 Å². The van der Waals surface area contributed by atoms with Crippen LogP contribution in [0.1, 0.15) is 23.7 Å². The second-order valence-corrected chi connectivity index (χ2v) is 10.9. The first kappa shape index (κ1) is 25.5. The Morgan fingerprint density at radius 1 is 1.23 bits per heavy atom. The summed E-state index contributed by atoms with van der Waals surface area (Å²) in [7, 11) is -3.73. The number of nitrogens with zero attached hydrogens (tertiary/aromatic N) is 4. The van der Waals surface area contributed by atoms with E-state index in [0.717, 1.165) is 5.56 Å². The van der Waals surface area contributed by atoms with Crippen LogP contribution >= 0.6 is 11.6 Å². The molecule has 2 fully saturated rings. The number of morpholine rings is 1. The molecular weight excluding hydrogens is 498 g/mol. The van der Waals surface area contributed by atoms with E-state index >= 15 is 0 Å². The molecule has 1 N–H and O–H groups in total. The van der Waals surface area contributed by atoms with Crippen LogP contribution in [0.25, 0.3) is 0 Å². The van der Waals surface area contributed by atoms with Crippen molar-refractivity contribution in [1.29, 1.82) is 0 Å². The van der Waals surface area contributed by atoms with E-state index in [0.29, 0.717) is 37.2 Å². The number of likely N-dealkylation sites (tertiary alicyclic amines) is 1. The number of sulfonamides is 1. The van der Waals surface area contributed by atoms with Crippen LogP contribution in [0.4, 0.5) is 0 Å². The molecule has 0 spiro atoms. The van der Waals surface area contributed by atoms with Crippen molar-refractivity contribution in [2.24, 2.45) is 0 Å². The lowest BCUT2D eigenvalue weighted by atomic mass is 10.1. The molecule has 2 aliphatic rings. The summed E-state index contributed by atoms with van der Waals surface area (Å²) in [6.07, 6.45) is 0.597. The fraction of sp³-hybridized carbons (Fsp3) is 0.545. The fourth-order valence-corrected chi connectivity index (χ4v) is 5.61. The first-order valence-electron chi connectivity index (χ1n) is 11.4. The van der Waals surface area contributed by atoms with Crippen molar-refractivity contribution >= 4 is 33.4 Å². The van der Waals surface area contributed by atoms with E-state index in [1.165, 1.54) is 4.90 Å². The molecule has 35 heavy (non-hydrogen) atoms. The van der Waals surface area contributed by atoms with Gasteiger partial charge in [0.25, 0.3) is 0 Å². The molecule has 190 valence electrons. The van der Waals surface area contributed by atoms with E-state index in [2.05, 4.69) is 14.9 Å². The number of ether oxygens (including phenoxy) is 1. The summed E-state index contributed by atoms with van der Waals surface area (Å²) in [5, 5.41) is 4.34. The Morgan fingerprint density at radius 3 is 2.60 bits per heavy atom. The van der Waals surface area contributed by atoms with Gasteiger partial charge in [0, 0.05) is 24.7 Å². The molecule has 3 heterocycles. The molecule has 0 saturated carbocycles. The Labute approximate surface area is 208 Å². The second-order valence-electron chi connectivity index (χ2n) is 8.58. The molecule has 1 aromatic heterocycles. The van der Waals surface area contributed by atoms with Gasteiger partial charge in [0.1, 0.15) is 12.1 Å². The van der Waals surface area contributed by atoms with E-state index < -0.39 is 28.0 Å². The van der Waals surface area contributed by atoms with Crippen LogP contribution in [0.5, 0.6) is 0 Å². The van der Waals surface area contributed by atoms with Gasteiger partial charge in [-0.05, 0) is 37.5 Å². The Morgan fingerprint density at radius 2 is 1.94 bits per heavy atom. The van der Waals surface area contributed by atoms with E-state index in [1.807, 2.05) is 0 Å². The highest BCUT2D eigenvalue weighted by Gasteiger charge is 2.42. The highest BCUT2D eigenvalue weighted by molar-refractivity contribution is 7.89. The summed E-state index contributed by atoms with van der Waals surface area (Å²) in [5.41, 5.74) is 0.824. The summed E-state index contributed by atoms with van der Waals surface area (Å²) in [6, 6.07) is 5.12. The first-order valence-corrected chi connectivity index (χ1v) is 13.5. The molecule has 2 atom stereocenters. The van der Waals surface area contributed by atoms with Gasteiger partial charge in [-0.15, -0.1) is 0 Å². The average molecular weight is 526 g/mol. The first-order chi connectivity index (χ1) is 16.7. The topological polar surface area (TPSA) is 135 Å². The summed E-state index contributed by atoms with van der Waals surface area (Å²) < 4.78 is 38.4. The van der Waals surface area contributed by atoms with Gasteiger partial charge in [0.15, 0.2) is 5.82 Å². The number of hydrogen-bond donors (Lipinski definition) is 1. The molecule has 2 amide bonds. The van der Waals surface area contributed by atoms with E-state index in [1.54, 1.807) is 36.1 Å². The van der Waals surface area contributed by atoms with Gasteiger partial charge in [-0.25, -0.2) is 13.1 Å². The van der Waals surface area contributed by atoms with Gasteiger partial charge in [0.2, 0.25) is 27.7 Å². The summed E-state index contributed by atoms with van der Waals surface area (Å²) >= 11 is 5.88. The predicted octanol–water partition coefficient (Wildman–Crippen LogP) is 0.564. The molecule has 1 aromatic carbocycles. The third-order valence-corrected chi connectivity index (χ3v) is 7.69. The standard InChI is InChI=1S/C22H28ClN5O6S/c1-15-24-20(34-25-15)14-19(22(30)27-9-11-33-12-10-27)28-8-6-18(21(28)29)26-35(31,32)13-7-16-2-4-17(23)5-3-16/h2-5,18-19,26H,6-14H2,1H3/t18-,19-/m0/s1. The number of aryl methyl sites for hydroxylation is 2. The maximum absolute atomic E-state index is 13.4. The molecule has 11 nitrogen and oxygen atoms in total. The summed E-state index contributed by atoms with van der Waals surface area (Å²) in [5.74, 6) is -0.187. The third kappa shape index (κ3) is 6.57. The van der Waals surface area contributed by atoms with E-state index in [4.69, 9.17) is 20.9 Å². The van der Waals surface area contributed by atoms with E-state index in [9.17, 15) is 18.0 Å². The zero-order chi connectivity index (χ0) is 25.0. The number of nitrogens with one attached hydrogen (secondary N) is 1. The Kier molecular flexibility index (Phi) is 8.05. The van der Waals surface area contributed by atoms with Gasteiger partial charge in [0.05, 0.1) is 25.4 Å². The number of amides is 2. The number of carbonyl (C=O) groups is 2. The number of halogens is 1. The Hall–Kier alpha value is -2.54. The van der Waals surface area contributed by atoms with Crippen LogP contribution in [0, 0.1) is 6.92 Å². The van der Waals surface area contributed by atoms with Crippen LogP contribution in [0.3, 0.4) is 0 Å². The quantitative estimate of drug-likeness (QED) is 0.502. The molecule has 0 aliphatic carbocycles. The predicted molar refractivity (Wildman–Crippen MR) is 126 cm³/mol. The summed E-state index contributed by atoms with van der Waals surface area (Å²) in [6.45, 7) is 3.57. The Bertz CT molecular complexity index is 1150. The van der Waals surface area contributed by atoms with Crippen molar-refractivity contribution < 1.29 is 27.3 Å². The molecule has 2 aliphatic heterocycles. The number of benzene rings is 1. The number of rotatable bonds is 9. The molecule has 2 saturated heterocycles. The zero-order valence-corrected chi connectivity index (χ0v) is 20.9. The minimum atomic E-state index is -3.73. The monoisotopic (exact) mass is 525 g/mol. The van der Waals surface area contributed by atoms with Crippen molar-refractivity contribution in [3.05, 3.63) is 46.6 Å². The van der Waals surface area contributed by atoms with Crippen LogP contribution in [0.15, 0.2) is 28.8 Å². The second kappa shape index (κ2) is 11.0. The van der Waals surface area contributed by atoms with Gasteiger partial charge in [-0.3, -0.25) is 9.59 Å². The third-order valence-electron chi connectivity index (χ3n) is 6.06. The van der Waals surface area contributed by atoms with Crippen molar-refractivity contribution in [3.63, 3.8) is 0 Å². The van der Waals surface area contributed by atoms with Crippen molar-refractivity contribution in [1.82, 2.24) is 24.7 Å². The Balaban J connectivity index is 1.43. The highest BCUT2D eigenvalue weighted by atomic mass is 35.5. The van der Waals surface area contributed by atoms with Crippen LogP contribution < -0.4 is 4.72 Å². The lowest BCUT2D eigenvalue weighted by Gasteiger charge is -2.34. The van der Waals surface area contributed by atoms with Crippen LogP contribution in [-0.4, -0.2) is 90.9 Å². The normalized spacial score (nSPS) is 19.8. The SMILES string of the molecule is Cc1noc(C[C@@H](C(=O)N2CCOCC2)N2CC[C@H](NS(=O)(=O)CCc3ccc(Cl)cc3)C2=O)n1. The molecular formula is C22H28ClN5O6S. The molecule has 0 radical (unpaired) electrons. The summed E-state index contributed by atoms with van der Waals surface area (Å²) in [4.78, 5) is 33.8. The van der Waals surface area contributed by atoms with Gasteiger partial charge in [-0.1, -0.05) is 28.9 Å². The van der Waals surface area contributed by atoms with Crippen LogP contribution in [0.2, 0.25) is 5.02 Å². The van der Waals surface area contributed by atoms with Gasteiger partial charge >= 0.3 is 0 Å². The maximum atomic E-state index is 13.4. The molecule has 0 bridgehead atoms. The smallest absolute Gasteiger partial charge is 0.246 e. The van der Waals surface area contributed by atoms with Crippen molar-refractivity contribution in [3.8, 4) is 0 Å². The number of aromatic nitrogens is 2. The van der Waals surface area contributed by atoms with Crippen LogP contribution in [-0.2, 0) is 37.2 Å². The van der Waals surface area contributed by atoms with Crippen molar-refractivity contribution in [2.45, 2.75) is 38.3 Å². The number of hydrogen-bond acceptors (Lipinski definition) is 8. The fourth-order valence-electron chi connectivity index (χ4n) is 4.21. The zero-order valence-electron chi connectivity index (χ0n) is 19.4. The molecule has 0 unspecified atom stereocenters. The molecule has 2 aromatic rings. The van der Waals surface area contributed by atoms with Crippen molar-refractivity contribution in [2.75, 3.05) is 38.6 Å². The number of carbonyl (C=O) groups excluding carboxylic acids is 2. The molecule has 13 heteroatoms. The average Bonchev–Trinajstić information content (AvgIpc) is 3.42. The molecule has 4 rings (SSSR count). The largest absolute Gasteiger partial charge is 0.378 e. The minimum absolute atomic E-state index is 0.0544. The maximum Gasteiger partial charge on any atom is 0.246 e. The lowest BCUT2D eigenvalue weighted by Crippen LogP contribution is -2.54. The van der Waals surface area contributed by atoms with Gasteiger partial charge < -0.3 is 19.1 Å².